The summed E-state index contributed by atoms with van der Waals surface area (Å²) in [6, 6.07) is 23.2. The standard InChI is InChI=1S/C22H21NO/c1-15-3-7-17(8-4-15)21(23)18-11-13-20(14-12-18)22(24)19-9-5-16(2)6-10-19/h3-14,21H,23H2,1-2H3. The molecule has 0 aromatic heterocycles. The van der Waals surface area contributed by atoms with Crippen LogP contribution < -0.4 is 5.73 Å². The molecular formula is C22H21NO. The van der Waals surface area contributed by atoms with Gasteiger partial charge < -0.3 is 5.73 Å². The maximum Gasteiger partial charge on any atom is 0.193 e. The van der Waals surface area contributed by atoms with E-state index in [1.165, 1.54) is 5.56 Å². The first-order valence-electron chi connectivity index (χ1n) is 8.08. The third-order valence-corrected chi connectivity index (χ3v) is 4.28. The molecule has 120 valence electrons. The van der Waals surface area contributed by atoms with Gasteiger partial charge in [0.05, 0.1) is 6.04 Å². The summed E-state index contributed by atoms with van der Waals surface area (Å²) in [7, 11) is 0. The number of ketones is 1. The predicted octanol–water partition coefficient (Wildman–Crippen LogP) is 4.58. The van der Waals surface area contributed by atoms with Crippen molar-refractivity contribution in [3.05, 3.63) is 106 Å². The van der Waals surface area contributed by atoms with Crippen molar-refractivity contribution in [3.63, 3.8) is 0 Å². The van der Waals surface area contributed by atoms with Crippen LogP contribution in [0.5, 0.6) is 0 Å². The molecular weight excluding hydrogens is 294 g/mol. The smallest absolute Gasteiger partial charge is 0.193 e. The first-order valence-corrected chi connectivity index (χ1v) is 8.08. The maximum atomic E-state index is 12.5. The van der Waals surface area contributed by atoms with Crippen LogP contribution in [0.1, 0.15) is 44.2 Å². The van der Waals surface area contributed by atoms with Gasteiger partial charge in [0.1, 0.15) is 0 Å². The molecule has 0 amide bonds. The summed E-state index contributed by atoms with van der Waals surface area (Å²) >= 11 is 0. The van der Waals surface area contributed by atoms with E-state index in [1.807, 2.05) is 67.6 Å². The lowest BCUT2D eigenvalue weighted by Gasteiger charge is -2.13. The lowest BCUT2D eigenvalue weighted by molar-refractivity contribution is 0.103. The molecule has 1 unspecified atom stereocenters. The zero-order valence-corrected chi connectivity index (χ0v) is 14.0. The topological polar surface area (TPSA) is 43.1 Å². The molecule has 0 aliphatic carbocycles. The summed E-state index contributed by atoms with van der Waals surface area (Å²) in [5.74, 6) is 0.0328. The molecule has 0 spiro atoms. The van der Waals surface area contributed by atoms with Gasteiger partial charge in [0, 0.05) is 11.1 Å². The van der Waals surface area contributed by atoms with E-state index in [-0.39, 0.29) is 11.8 Å². The van der Waals surface area contributed by atoms with Crippen LogP contribution in [-0.4, -0.2) is 5.78 Å². The van der Waals surface area contributed by atoms with Crippen molar-refractivity contribution in [2.75, 3.05) is 0 Å². The van der Waals surface area contributed by atoms with E-state index < -0.39 is 0 Å². The minimum Gasteiger partial charge on any atom is -0.320 e. The van der Waals surface area contributed by atoms with Crippen LogP contribution in [0, 0.1) is 13.8 Å². The number of aryl methyl sites for hydroxylation is 2. The first kappa shape index (κ1) is 16.2. The highest BCUT2D eigenvalue weighted by Gasteiger charge is 2.12. The molecule has 3 aromatic rings. The number of benzene rings is 3. The molecule has 2 heteroatoms. The summed E-state index contributed by atoms with van der Waals surface area (Å²) in [6.45, 7) is 4.07. The van der Waals surface area contributed by atoms with E-state index in [9.17, 15) is 4.79 Å². The normalized spacial score (nSPS) is 12.0. The van der Waals surface area contributed by atoms with Crippen molar-refractivity contribution in [3.8, 4) is 0 Å². The van der Waals surface area contributed by atoms with Crippen molar-refractivity contribution in [1.29, 1.82) is 0 Å². The average molecular weight is 315 g/mol. The minimum atomic E-state index is -0.186. The predicted molar refractivity (Wildman–Crippen MR) is 98.3 cm³/mol. The second-order valence-electron chi connectivity index (χ2n) is 6.21. The van der Waals surface area contributed by atoms with Crippen LogP contribution in [0.2, 0.25) is 0 Å². The summed E-state index contributed by atoms with van der Waals surface area (Å²) in [6.07, 6.45) is 0. The van der Waals surface area contributed by atoms with Crippen molar-refractivity contribution < 1.29 is 4.79 Å². The molecule has 3 aromatic carbocycles. The molecule has 0 radical (unpaired) electrons. The van der Waals surface area contributed by atoms with Crippen LogP contribution >= 0.6 is 0 Å². The largest absolute Gasteiger partial charge is 0.320 e. The number of carbonyl (C=O) groups is 1. The van der Waals surface area contributed by atoms with Gasteiger partial charge in [0.25, 0.3) is 0 Å². The second-order valence-corrected chi connectivity index (χ2v) is 6.21. The van der Waals surface area contributed by atoms with E-state index in [4.69, 9.17) is 5.73 Å². The third-order valence-electron chi connectivity index (χ3n) is 4.28. The average Bonchev–Trinajstić information content (AvgIpc) is 2.62. The fourth-order valence-electron chi connectivity index (χ4n) is 2.68. The highest BCUT2D eigenvalue weighted by molar-refractivity contribution is 6.09. The molecule has 0 fully saturated rings. The Kier molecular flexibility index (Phi) is 4.59. The van der Waals surface area contributed by atoms with Crippen LogP contribution in [0.4, 0.5) is 0 Å². The summed E-state index contributed by atoms with van der Waals surface area (Å²) in [4.78, 5) is 12.5. The fraction of sp³-hybridized carbons (Fsp3) is 0.136. The van der Waals surface area contributed by atoms with Crippen LogP contribution in [0.25, 0.3) is 0 Å². The van der Waals surface area contributed by atoms with Gasteiger partial charge in [0.2, 0.25) is 0 Å². The quantitative estimate of drug-likeness (QED) is 0.716. The molecule has 1 atom stereocenters. The van der Waals surface area contributed by atoms with Crippen LogP contribution in [-0.2, 0) is 0 Å². The van der Waals surface area contributed by atoms with Crippen LogP contribution in [0.15, 0.2) is 72.8 Å². The number of hydrogen-bond donors (Lipinski definition) is 1. The number of rotatable bonds is 4. The molecule has 2 N–H and O–H groups in total. The Hall–Kier alpha value is -2.71. The molecule has 0 saturated carbocycles. The van der Waals surface area contributed by atoms with Crippen molar-refractivity contribution in [2.24, 2.45) is 5.73 Å². The lowest BCUT2D eigenvalue weighted by Crippen LogP contribution is -2.12. The summed E-state index contributed by atoms with van der Waals surface area (Å²) in [5.41, 5.74) is 12.1. The van der Waals surface area contributed by atoms with Gasteiger partial charge in [-0.1, -0.05) is 83.9 Å². The zero-order valence-electron chi connectivity index (χ0n) is 14.0. The van der Waals surface area contributed by atoms with Gasteiger partial charge >= 0.3 is 0 Å². The van der Waals surface area contributed by atoms with Gasteiger partial charge in [-0.25, -0.2) is 0 Å². The molecule has 0 saturated heterocycles. The van der Waals surface area contributed by atoms with Crippen molar-refractivity contribution >= 4 is 5.78 Å². The molecule has 24 heavy (non-hydrogen) atoms. The number of carbonyl (C=O) groups excluding carboxylic acids is 1. The third kappa shape index (κ3) is 3.44. The van der Waals surface area contributed by atoms with E-state index >= 15 is 0 Å². The Morgan fingerprint density at radius 3 is 1.46 bits per heavy atom. The van der Waals surface area contributed by atoms with Gasteiger partial charge in [-0.3, -0.25) is 4.79 Å². The minimum absolute atomic E-state index is 0.0328. The lowest BCUT2D eigenvalue weighted by atomic mass is 9.96. The van der Waals surface area contributed by atoms with Gasteiger partial charge in [-0.05, 0) is 25.0 Å². The zero-order chi connectivity index (χ0) is 17.1. The van der Waals surface area contributed by atoms with Crippen molar-refractivity contribution in [1.82, 2.24) is 0 Å². The molecule has 0 bridgehead atoms. The Bertz CT molecular complexity index is 831. The second kappa shape index (κ2) is 6.81. The molecule has 0 heterocycles. The molecule has 0 aliphatic rings. The highest BCUT2D eigenvalue weighted by atomic mass is 16.1. The Balaban J connectivity index is 1.81. The van der Waals surface area contributed by atoms with Gasteiger partial charge in [0.15, 0.2) is 5.78 Å². The fourth-order valence-corrected chi connectivity index (χ4v) is 2.68. The monoisotopic (exact) mass is 315 g/mol. The Morgan fingerprint density at radius 1 is 0.667 bits per heavy atom. The highest BCUT2D eigenvalue weighted by Crippen LogP contribution is 2.21. The molecule has 2 nitrogen and oxygen atoms in total. The van der Waals surface area contributed by atoms with Crippen molar-refractivity contribution in [2.45, 2.75) is 19.9 Å². The Labute approximate surface area is 143 Å². The van der Waals surface area contributed by atoms with E-state index in [1.54, 1.807) is 0 Å². The first-order chi connectivity index (χ1) is 11.5. The summed E-state index contributed by atoms with van der Waals surface area (Å²) < 4.78 is 0. The number of nitrogens with two attached hydrogens (primary N) is 1. The number of hydrogen-bond acceptors (Lipinski definition) is 2. The van der Waals surface area contributed by atoms with E-state index in [2.05, 4.69) is 19.1 Å². The van der Waals surface area contributed by atoms with E-state index in [0.717, 1.165) is 16.7 Å². The summed E-state index contributed by atoms with van der Waals surface area (Å²) in [5, 5.41) is 0. The van der Waals surface area contributed by atoms with Crippen LogP contribution in [0.3, 0.4) is 0 Å². The maximum absolute atomic E-state index is 12.5. The van der Waals surface area contributed by atoms with E-state index in [0.29, 0.717) is 11.1 Å². The van der Waals surface area contributed by atoms with Gasteiger partial charge in [-0.15, -0.1) is 0 Å². The van der Waals surface area contributed by atoms with Gasteiger partial charge in [-0.2, -0.15) is 0 Å². The molecule has 3 rings (SSSR count). The Morgan fingerprint density at radius 2 is 1.00 bits per heavy atom. The SMILES string of the molecule is Cc1ccc(C(=O)c2ccc(C(N)c3ccc(C)cc3)cc2)cc1. The molecule has 0 aliphatic heterocycles.